The molecule has 2 bridgehead atoms. The Morgan fingerprint density at radius 2 is 1.59 bits per heavy atom. The molecule has 2 aromatic carbocycles. The number of pyridine rings is 1. The molecule has 4 heterocycles. The summed E-state index contributed by atoms with van der Waals surface area (Å²) in [6, 6.07) is 18.2. The van der Waals surface area contributed by atoms with E-state index < -0.39 is 0 Å². The lowest BCUT2D eigenvalue weighted by Crippen LogP contribution is -2.47. The van der Waals surface area contributed by atoms with Gasteiger partial charge in [-0.3, -0.25) is 14.4 Å². The largest absolute Gasteiger partial charge is 0.497 e. The van der Waals surface area contributed by atoms with Crippen molar-refractivity contribution in [1.82, 2.24) is 9.47 Å². The fraction of sp³-hybridized carbons (Fsp3) is 0.424. The molecule has 214 valence electrons. The van der Waals surface area contributed by atoms with Crippen LogP contribution in [0.15, 0.2) is 65.5 Å². The Morgan fingerprint density at radius 3 is 2.32 bits per heavy atom. The molecule has 6 rings (SSSR count). The van der Waals surface area contributed by atoms with Crippen LogP contribution in [0, 0.1) is 17.8 Å². The summed E-state index contributed by atoms with van der Waals surface area (Å²) in [5.74, 6) is 1.90. The monoisotopic (exact) mass is 554 g/mol. The van der Waals surface area contributed by atoms with Crippen LogP contribution < -0.4 is 20.5 Å². The van der Waals surface area contributed by atoms with Crippen molar-refractivity contribution >= 4 is 23.2 Å². The predicted molar refractivity (Wildman–Crippen MR) is 160 cm³/mol. The van der Waals surface area contributed by atoms with Crippen LogP contribution in [0.5, 0.6) is 5.75 Å². The number of hydrogen-bond acceptors (Lipinski definition) is 5. The molecule has 8 nitrogen and oxygen atoms in total. The first-order chi connectivity index (χ1) is 19.8. The molecule has 8 heteroatoms. The van der Waals surface area contributed by atoms with Crippen molar-refractivity contribution in [2.75, 3.05) is 43.5 Å². The number of carbonyl (C=O) groups is 2. The van der Waals surface area contributed by atoms with E-state index in [1.54, 1.807) is 37.4 Å². The van der Waals surface area contributed by atoms with E-state index in [-0.39, 0.29) is 23.3 Å². The van der Waals surface area contributed by atoms with Gasteiger partial charge in [-0.25, -0.2) is 0 Å². The lowest BCUT2D eigenvalue weighted by molar-refractivity contribution is 0.0623. The molecule has 3 aliphatic heterocycles. The number of hydrogen-bond donors (Lipinski definition) is 1. The predicted octanol–water partition coefficient (Wildman–Crippen LogP) is 4.85. The summed E-state index contributed by atoms with van der Waals surface area (Å²) in [6.45, 7) is 8.08. The van der Waals surface area contributed by atoms with Crippen LogP contribution in [0.1, 0.15) is 59.0 Å². The van der Waals surface area contributed by atoms with Gasteiger partial charge in [0.15, 0.2) is 0 Å². The molecule has 0 aliphatic carbocycles. The van der Waals surface area contributed by atoms with Gasteiger partial charge >= 0.3 is 0 Å². The second-order valence-electron chi connectivity index (χ2n) is 12.2. The number of likely N-dealkylation sites (tertiary alicyclic amines) is 1. The molecule has 0 radical (unpaired) electrons. The Kier molecular flexibility index (Phi) is 7.32. The van der Waals surface area contributed by atoms with Gasteiger partial charge in [-0.15, -0.1) is 0 Å². The fourth-order valence-corrected chi connectivity index (χ4v) is 7.09. The summed E-state index contributed by atoms with van der Waals surface area (Å²) in [5, 5.41) is 3.12. The molecular formula is C33H38N4O4. The van der Waals surface area contributed by atoms with Gasteiger partial charge in [-0.1, -0.05) is 19.9 Å². The smallest absolute Gasteiger partial charge is 0.255 e. The van der Waals surface area contributed by atoms with Crippen molar-refractivity contribution in [3.05, 3.63) is 87.8 Å². The first kappa shape index (κ1) is 27.1. The number of benzene rings is 2. The van der Waals surface area contributed by atoms with Gasteiger partial charge < -0.3 is 24.4 Å². The van der Waals surface area contributed by atoms with Gasteiger partial charge in [-0.05, 0) is 79.1 Å². The average molecular weight is 555 g/mol. The number of rotatable bonds is 5. The van der Waals surface area contributed by atoms with Gasteiger partial charge in [0.25, 0.3) is 17.4 Å². The fourth-order valence-electron chi connectivity index (χ4n) is 7.09. The van der Waals surface area contributed by atoms with Gasteiger partial charge in [-0.2, -0.15) is 0 Å². The molecule has 2 fully saturated rings. The molecule has 1 aromatic heterocycles. The van der Waals surface area contributed by atoms with Crippen LogP contribution in [0.4, 0.5) is 11.4 Å². The van der Waals surface area contributed by atoms with Crippen LogP contribution in [0.25, 0.3) is 0 Å². The Bertz CT molecular complexity index is 1500. The maximum absolute atomic E-state index is 13.6. The minimum absolute atomic E-state index is 0.00119. The topological polar surface area (TPSA) is 83.9 Å². The van der Waals surface area contributed by atoms with Crippen LogP contribution >= 0.6 is 0 Å². The van der Waals surface area contributed by atoms with Crippen molar-refractivity contribution in [2.45, 2.75) is 39.2 Å². The average Bonchev–Trinajstić information content (AvgIpc) is 2.96. The normalized spacial score (nSPS) is 23.5. The van der Waals surface area contributed by atoms with Crippen LogP contribution in [-0.2, 0) is 6.54 Å². The van der Waals surface area contributed by atoms with Crippen molar-refractivity contribution in [3.8, 4) is 5.75 Å². The van der Waals surface area contributed by atoms with E-state index in [1.165, 1.54) is 0 Å². The summed E-state index contributed by atoms with van der Waals surface area (Å²) in [6.07, 6.45) is 2.16. The summed E-state index contributed by atoms with van der Waals surface area (Å²) < 4.78 is 7.17. The van der Waals surface area contributed by atoms with E-state index in [0.29, 0.717) is 46.9 Å². The Hall–Kier alpha value is -4.07. The van der Waals surface area contributed by atoms with E-state index in [0.717, 1.165) is 50.4 Å². The highest BCUT2D eigenvalue weighted by molar-refractivity contribution is 6.07. The van der Waals surface area contributed by atoms with Crippen LogP contribution in [0.3, 0.4) is 0 Å². The van der Waals surface area contributed by atoms with Gasteiger partial charge in [0.1, 0.15) is 5.75 Å². The first-order valence-electron chi connectivity index (χ1n) is 14.6. The van der Waals surface area contributed by atoms with Crippen molar-refractivity contribution in [2.24, 2.45) is 17.8 Å². The molecule has 1 N–H and O–H groups in total. The number of aromatic nitrogens is 1. The summed E-state index contributed by atoms with van der Waals surface area (Å²) >= 11 is 0. The highest BCUT2D eigenvalue weighted by Crippen LogP contribution is 2.39. The number of methoxy groups -OCH3 is 1. The summed E-state index contributed by atoms with van der Waals surface area (Å²) in [4.78, 5) is 43.8. The highest BCUT2D eigenvalue weighted by atomic mass is 16.5. The number of ether oxygens (including phenoxy) is 1. The van der Waals surface area contributed by atoms with Crippen LogP contribution in [0.2, 0.25) is 0 Å². The maximum Gasteiger partial charge on any atom is 0.255 e. The van der Waals surface area contributed by atoms with Gasteiger partial charge in [0, 0.05) is 61.5 Å². The molecule has 4 unspecified atom stereocenters. The third-order valence-corrected chi connectivity index (χ3v) is 8.82. The van der Waals surface area contributed by atoms with Crippen molar-refractivity contribution in [1.29, 1.82) is 0 Å². The molecule has 2 saturated heterocycles. The number of amides is 2. The highest BCUT2D eigenvalue weighted by Gasteiger charge is 2.36. The number of fused-ring (bicyclic) bond motifs is 4. The Labute approximate surface area is 240 Å². The van der Waals surface area contributed by atoms with Gasteiger partial charge in [0.05, 0.1) is 18.5 Å². The van der Waals surface area contributed by atoms with E-state index in [9.17, 15) is 14.4 Å². The number of anilines is 2. The molecule has 0 spiro atoms. The zero-order chi connectivity index (χ0) is 28.7. The molecule has 3 aromatic rings. The lowest BCUT2D eigenvalue weighted by Gasteiger charge is -2.44. The Morgan fingerprint density at radius 1 is 0.854 bits per heavy atom. The van der Waals surface area contributed by atoms with E-state index in [1.807, 2.05) is 33.7 Å². The quantitative estimate of drug-likeness (QED) is 0.488. The molecule has 41 heavy (non-hydrogen) atoms. The van der Waals surface area contributed by atoms with E-state index in [2.05, 4.69) is 30.1 Å². The molecular weight excluding hydrogens is 516 g/mol. The zero-order valence-electron chi connectivity index (χ0n) is 24.0. The molecule has 0 saturated carbocycles. The second-order valence-corrected chi connectivity index (χ2v) is 12.2. The molecule has 3 aliphatic rings. The van der Waals surface area contributed by atoms with Crippen molar-refractivity contribution in [3.63, 3.8) is 0 Å². The third kappa shape index (κ3) is 5.47. The zero-order valence-corrected chi connectivity index (χ0v) is 24.0. The molecule has 2 amide bonds. The first-order valence-corrected chi connectivity index (χ1v) is 14.6. The standard InChI is InChI=1S/C33H38N4O4/c1-21-13-22(2)17-36(16-21)33(40)25-9-12-30(28(15-25)34-32(39)24-7-10-27(41-3)11-8-24)35-18-23-14-26(20-35)29-5-4-6-31(38)37(29)19-23/h4-12,15,21-23,26H,13-14,16-20H2,1-3H3,(H,34,39). The summed E-state index contributed by atoms with van der Waals surface area (Å²) in [5.41, 5.74) is 3.74. The number of piperidine rings is 2. The van der Waals surface area contributed by atoms with E-state index in [4.69, 9.17) is 4.74 Å². The lowest BCUT2D eigenvalue weighted by atomic mass is 9.83. The summed E-state index contributed by atoms with van der Waals surface area (Å²) in [7, 11) is 1.59. The van der Waals surface area contributed by atoms with Gasteiger partial charge in [0.2, 0.25) is 0 Å². The van der Waals surface area contributed by atoms with Crippen molar-refractivity contribution < 1.29 is 14.3 Å². The number of carbonyl (C=O) groups excluding carboxylic acids is 2. The maximum atomic E-state index is 13.6. The SMILES string of the molecule is COc1ccc(C(=O)Nc2cc(C(=O)N3CC(C)CC(C)C3)ccc2N2CC3CC(C2)c2cccc(=O)n2C3)cc1. The second kappa shape index (κ2) is 11.1. The minimum atomic E-state index is -0.243. The third-order valence-electron chi connectivity index (χ3n) is 8.82. The molecule has 4 atom stereocenters. The minimum Gasteiger partial charge on any atom is -0.497 e. The number of nitrogens with zero attached hydrogens (tertiary/aromatic N) is 3. The number of nitrogens with one attached hydrogen (secondary N) is 1. The van der Waals surface area contributed by atoms with Crippen LogP contribution in [-0.4, -0.2) is 54.6 Å². The Balaban J connectivity index is 1.33. The van der Waals surface area contributed by atoms with E-state index >= 15 is 0 Å².